The summed E-state index contributed by atoms with van der Waals surface area (Å²) in [6.07, 6.45) is 0.989. The Hall–Kier alpha value is -2.31. The summed E-state index contributed by atoms with van der Waals surface area (Å²) in [6.45, 7) is 3.55. The number of rotatable bonds is 5. The summed E-state index contributed by atoms with van der Waals surface area (Å²) in [5.74, 6) is -0.771. The van der Waals surface area contributed by atoms with E-state index in [1.807, 2.05) is 0 Å². The third-order valence-electron chi connectivity index (χ3n) is 4.73. The molecule has 0 bridgehead atoms. The van der Waals surface area contributed by atoms with Crippen LogP contribution in [0.3, 0.4) is 0 Å². The smallest absolute Gasteiger partial charge is 0.416 e. The number of nitrogens with one attached hydrogen (secondary N) is 1. The molecule has 0 aromatic heterocycles. The van der Waals surface area contributed by atoms with E-state index in [0.29, 0.717) is 5.92 Å². The molecule has 1 N–H and O–H groups in total. The number of carbonyl (C=O) groups excluding carboxylic acids is 2. The van der Waals surface area contributed by atoms with Crippen LogP contribution in [0.25, 0.3) is 6.08 Å². The number of ether oxygens (including phenoxy) is 1. The molecule has 1 aromatic carbocycles. The number of carbonyl (C=O) groups is 2. The Balaban J connectivity index is 1.89. The van der Waals surface area contributed by atoms with Crippen molar-refractivity contribution in [3.8, 4) is 0 Å². The number of halogens is 3. The van der Waals surface area contributed by atoms with E-state index in [1.165, 1.54) is 25.1 Å². The molecule has 7 heteroatoms. The minimum atomic E-state index is -4.45. The monoisotopic (exact) mass is 383 g/mol. The number of hydrogen-bond acceptors (Lipinski definition) is 3. The SMILES string of the molecule is C[C@H](OC(=O)/C=C/c1cccc(C(F)(F)F)c1)C(=O)N[C@H]1CCCC[C@@H]1C. The fourth-order valence-corrected chi connectivity index (χ4v) is 3.08. The number of esters is 1. The Morgan fingerprint density at radius 2 is 1.96 bits per heavy atom. The molecule has 148 valence electrons. The van der Waals surface area contributed by atoms with Crippen LogP contribution >= 0.6 is 0 Å². The van der Waals surface area contributed by atoms with E-state index in [-0.39, 0.29) is 17.5 Å². The molecule has 0 spiro atoms. The van der Waals surface area contributed by atoms with Crippen molar-refractivity contribution in [2.24, 2.45) is 5.92 Å². The summed E-state index contributed by atoms with van der Waals surface area (Å²) in [5, 5.41) is 2.91. The fourth-order valence-electron chi connectivity index (χ4n) is 3.08. The van der Waals surface area contributed by atoms with Gasteiger partial charge in [-0.05, 0) is 49.5 Å². The van der Waals surface area contributed by atoms with Crippen LogP contribution in [0, 0.1) is 5.92 Å². The number of benzene rings is 1. The topological polar surface area (TPSA) is 55.4 Å². The molecular formula is C20H24F3NO3. The number of amides is 1. The molecule has 0 saturated heterocycles. The van der Waals surface area contributed by atoms with E-state index in [4.69, 9.17) is 4.74 Å². The molecule has 0 unspecified atom stereocenters. The zero-order chi connectivity index (χ0) is 20.0. The van der Waals surface area contributed by atoms with Crippen LogP contribution in [0.5, 0.6) is 0 Å². The molecule has 0 radical (unpaired) electrons. The maximum absolute atomic E-state index is 12.7. The Labute approximate surface area is 156 Å². The Bertz CT molecular complexity index is 700. The highest BCUT2D eigenvalue weighted by Crippen LogP contribution is 2.29. The maximum atomic E-state index is 12.7. The summed E-state index contributed by atoms with van der Waals surface area (Å²) < 4.78 is 43.1. The zero-order valence-electron chi connectivity index (χ0n) is 15.4. The summed E-state index contributed by atoms with van der Waals surface area (Å²) in [4.78, 5) is 24.0. The van der Waals surface area contributed by atoms with Crippen LogP contribution < -0.4 is 5.32 Å². The highest BCUT2D eigenvalue weighted by Gasteiger charge is 2.30. The molecule has 1 aliphatic rings. The second kappa shape index (κ2) is 9.06. The maximum Gasteiger partial charge on any atom is 0.416 e. The summed E-state index contributed by atoms with van der Waals surface area (Å²) in [5.41, 5.74) is -0.581. The Morgan fingerprint density at radius 1 is 1.26 bits per heavy atom. The average Bonchev–Trinajstić information content (AvgIpc) is 2.61. The lowest BCUT2D eigenvalue weighted by Crippen LogP contribution is -2.45. The van der Waals surface area contributed by atoms with Gasteiger partial charge in [0.15, 0.2) is 6.10 Å². The Morgan fingerprint density at radius 3 is 2.63 bits per heavy atom. The fraction of sp³-hybridized carbons (Fsp3) is 0.500. The minimum absolute atomic E-state index is 0.0769. The second-order valence-corrected chi connectivity index (χ2v) is 6.91. The molecule has 1 aromatic rings. The van der Waals surface area contributed by atoms with Gasteiger partial charge in [0, 0.05) is 12.1 Å². The van der Waals surface area contributed by atoms with Crippen LogP contribution in [0.15, 0.2) is 30.3 Å². The van der Waals surface area contributed by atoms with Gasteiger partial charge in [-0.3, -0.25) is 4.79 Å². The Kier molecular flexibility index (Phi) is 7.05. The molecule has 1 aliphatic carbocycles. The first kappa shape index (κ1) is 21.0. The van der Waals surface area contributed by atoms with Crippen molar-refractivity contribution in [3.05, 3.63) is 41.5 Å². The van der Waals surface area contributed by atoms with Gasteiger partial charge in [0.25, 0.3) is 5.91 Å². The van der Waals surface area contributed by atoms with Crippen molar-refractivity contribution in [3.63, 3.8) is 0 Å². The standard InChI is InChI=1S/C20H24F3NO3/c1-13-6-3-4-9-17(13)24-19(26)14(2)27-18(25)11-10-15-7-5-8-16(12-15)20(21,22)23/h5,7-8,10-14,17H,3-4,6,9H2,1-2H3,(H,24,26)/b11-10+/t13-,14-,17-/m0/s1. The van der Waals surface area contributed by atoms with Crippen LogP contribution in [-0.4, -0.2) is 24.0 Å². The quantitative estimate of drug-likeness (QED) is 0.608. The largest absolute Gasteiger partial charge is 0.449 e. The van der Waals surface area contributed by atoms with E-state index in [9.17, 15) is 22.8 Å². The molecular weight excluding hydrogens is 359 g/mol. The van der Waals surface area contributed by atoms with E-state index in [2.05, 4.69) is 12.2 Å². The van der Waals surface area contributed by atoms with Crippen molar-refractivity contribution in [2.45, 2.75) is 57.9 Å². The van der Waals surface area contributed by atoms with Gasteiger partial charge in [-0.15, -0.1) is 0 Å². The molecule has 0 aliphatic heterocycles. The van der Waals surface area contributed by atoms with E-state index < -0.39 is 23.8 Å². The van der Waals surface area contributed by atoms with Crippen molar-refractivity contribution in [1.29, 1.82) is 0 Å². The van der Waals surface area contributed by atoms with Crippen LogP contribution in [0.2, 0.25) is 0 Å². The highest BCUT2D eigenvalue weighted by molar-refractivity contribution is 5.90. The minimum Gasteiger partial charge on any atom is -0.449 e. The molecule has 2 rings (SSSR count). The molecule has 27 heavy (non-hydrogen) atoms. The third-order valence-corrected chi connectivity index (χ3v) is 4.73. The average molecular weight is 383 g/mol. The van der Waals surface area contributed by atoms with Gasteiger partial charge >= 0.3 is 12.1 Å². The van der Waals surface area contributed by atoms with Crippen molar-refractivity contribution >= 4 is 18.0 Å². The van der Waals surface area contributed by atoms with Gasteiger partial charge in [0.2, 0.25) is 0 Å². The number of alkyl halides is 3. The van der Waals surface area contributed by atoms with Crippen LogP contribution in [-0.2, 0) is 20.5 Å². The third kappa shape index (κ3) is 6.41. The first-order valence-corrected chi connectivity index (χ1v) is 9.03. The molecule has 3 atom stereocenters. The summed E-state index contributed by atoms with van der Waals surface area (Å²) in [6, 6.07) is 4.67. The first-order valence-electron chi connectivity index (χ1n) is 9.03. The lowest BCUT2D eigenvalue weighted by atomic mass is 9.86. The van der Waals surface area contributed by atoms with Crippen LogP contribution in [0.1, 0.15) is 50.7 Å². The second-order valence-electron chi connectivity index (χ2n) is 6.91. The molecule has 1 fully saturated rings. The molecule has 1 saturated carbocycles. The molecule has 0 heterocycles. The predicted octanol–water partition coefficient (Wildman–Crippen LogP) is 4.35. The number of hydrogen-bond donors (Lipinski definition) is 1. The normalized spacial score (nSPS) is 21.7. The van der Waals surface area contributed by atoms with E-state index in [1.54, 1.807) is 0 Å². The van der Waals surface area contributed by atoms with Crippen LogP contribution in [0.4, 0.5) is 13.2 Å². The van der Waals surface area contributed by atoms with Gasteiger partial charge in [0.1, 0.15) is 0 Å². The highest BCUT2D eigenvalue weighted by atomic mass is 19.4. The van der Waals surface area contributed by atoms with Gasteiger partial charge in [-0.2, -0.15) is 13.2 Å². The lowest BCUT2D eigenvalue weighted by Gasteiger charge is -2.30. The zero-order valence-corrected chi connectivity index (χ0v) is 15.4. The van der Waals surface area contributed by atoms with Gasteiger partial charge in [-0.1, -0.05) is 31.9 Å². The molecule has 4 nitrogen and oxygen atoms in total. The summed E-state index contributed by atoms with van der Waals surface area (Å²) in [7, 11) is 0. The van der Waals surface area contributed by atoms with Crippen molar-refractivity contribution < 1.29 is 27.5 Å². The van der Waals surface area contributed by atoms with Gasteiger partial charge in [-0.25, -0.2) is 4.79 Å². The lowest BCUT2D eigenvalue weighted by molar-refractivity contribution is -0.150. The van der Waals surface area contributed by atoms with Gasteiger partial charge < -0.3 is 10.1 Å². The van der Waals surface area contributed by atoms with Crippen molar-refractivity contribution in [2.75, 3.05) is 0 Å². The predicted molar refractivity (Wildman–Crippen MR) is 95.6 cm³/mol. The van der Waals surface area contributed by atoms with Gasteiger partial charge in [0.05, 0.1) is 5.56 Å². The van der Waals surface area contributed by atoms with E-state index >= 15 is 0 Å². The van der Waals surface area contributed by atoms with Crippen molar-refractivity contribution in [1.82, 2.24) is 5.32 Å². The molecule has 1 amide bonds. The summed E-state index contributed by atoms with van der Waals surface area (Å²) >= 11 is 0. The first-order chi connectivity index (χ1) is 12.7. The van der Waals surface area contributed by atoms with E-state index in [0.717, 1.165) is 43.9 Å².